The maximum absolute atomic E-state index is 11.2. The summed E-state index contributed by atoms with van der Waals surface area (Å²) < 4.78 is 6.70. The second-order valence-corrected chi connectivity index (χ2v) is 5.96. The molecule has 1 aromatic rings. The third kappa shape index (κ3) is 3.50. The monoisotopic (exact) mass is 326 g/mol. The molecule has 19 heavy (non-hydrogen) atoms. The first-order valence-corrected chi connectivity index (χ1v) is 7.59. The van der Waals surface area contributed by atoms with Gasteiger partial charge in [0, 0.05) is 0 Å². The number of carboxylic acid groups (broad SMARTS) is 1. The van der Waals surface area contributed by atoms with Gasteiger partial charge in [-0.3, -0.25) is 0 Å². The first-order chi connectivity index (χ1) is 9.11. The fourth-order valence-corrected chi connectivity index (χ4v) is 3.14. The summed E-state index contributed by atoms with van der Waals surface area (Å²) >= 11 is 3.39. The van der Waals surface area contributed by atoms with E-state index in [1.807, 2.05) is 6.07 Å². The van der Waals surface area contributed by atoms with Crippen molar-refractivity contribution in [2.45, 2.75) is 45.1 Å². The van der Waals surface area contributed by atoms with Crippen LogP contribution in [0.15, 0.2) is 22.7 Å². The minimum atomic E-state index is -0.945. The molecule has 4 heteroatoms. The van der Waals surface area contributed by atoms with Gasteiger partial charge in [-0.1, -0.05) is 25.8 Å². The standard InChI is InChI=1S/C15H19BrO3/c1-2-10-5-3-6-11(9-10)19-14-12(15(17)18)7-4-8-13(14)16/h4,7-8,10-11H,2-3,5-6,9H2,1H3,(H,17,18). The van der Waals surface area contributed by atoms with Gasteiger partial charge in [-0.15, -0.1) is 0 Å². The second kappa shape index (κ2) is 6.42. The third-order valence-corrected chi connectivity index (χ3v) is 4.42. The average Bonchev–Trinajstić information content (AvgIpc) is 2.41. The molecule has 0 amide bonds. The number of carboxylic acids is 1. The van der Waals surface area contributed by atoms with Crippen LogP contribution in [0.2, 0.25) is 0 Å². The minimum Gasteiger partial charge on any atom is -0.488 e. The number of hydrogen-bond acceptors (Lipinski definition) is 2. The number of benzene rings is 1. The molecule has 0 bridgehead atoms. The predicted molar refractivity (Wildman–Crippen MR) is 77.8 cm³/mol. The lowest BCUT2D eigenvalue weighted by Crippen LogP contribution is -2.26. The molecule has 2 unspecified atom stereocenters. The minimum absolute atomic E-state index is 0.135. The number of aromatic carboxylic acids is 1. The summed E-state index contributed by atoms with van der Waals surface area (Å²) in [5.74, 6) is 0.227. The molecule has 0 aromatic heterocycles. The highest BCUT2D eigenvalue weighted by Crippen LogP contribution is 2.34. The number of carbonyl (C=O) groups is 1. The van der Waals surface area contributed by atoms with Crippen LogP contribution in [0.3, 0.4) is 0 Å². The van der Waals surface area contributed by atoms with Crippen LogP contribution in [0.4, 0.5) is 0 Å². The smallest absolute Gasteiger partial charge is 0.339 e. The largest absolute Gasteiger partial charge is 0.488 e. The van der Waals surface area contributed by atoms with Gasteiger partial charge in [0.05, 0.1) is 10.6 Å². The van der Waals surface area contributed by atoms with Crippen molar-refractivity contribution in [2.75, 3.05) is 0 Å². The molecular formula is C15H19BrO3. The number of rotatable bonds is 4. The highest BCUT2D eigenvalue weighted by molar-refractivity contribution is 9.10. The van der Waals surface area contributed by atoms with Gasteiger partial charge < -0.3 is 9.84 Å². The van der Waals surface area contributed by atoms with Crippen LogP contribution in [0.1, 0.15) is 49.4 Å². The molecule has 1 N–H and O–H groups in total. The van der Waals surface area contributed by atoms with Gasteiger partial charge in [0.2, 0.25) is 0 Å². The quantitative estimate of drug-likeness (QED) is 0.886. The first-order valence-electron chi connectivity index (χ1n) is 6.80. The van der Waals surface area contributed by atoms with Crippen LogP contribution < -0.4 is 4.74 Å². The SMILES string of the molecule is CCC1CCCC(Oc2c(Br)cccc2C(=O)O)C1. The molecule has 1 aliphatic rings. The van der Waals surface area contributed by atoms with Gasteiger partial charge in [-0.2, -0.15) is 0 Å². The van der Waals surface area contributed by atoms with E-state index in [0.717, 1.165) is 19.3 Å². The fraction of sp³-hybridized carbons (Fsp3) is 0.533. The zero-order valence-electron chi connectivity index (χ0n) is 11.1. The van der Waals surface area contributed by atoms with Crippen molar-refractivity contribution in [2.24, 2.45) is 5.92 Å². The molecule has 0 saturated heterocycles. The van der Waals surface area contributed by atoms with Gasteiger partial charge in [0.25, 0.3) is 0 Å². The Kier molecular flexibility index (Phi) is 4.86. The van der Waals surface area contributed by atoms with Crippen molar-refractivity contribution in [1.29, 1.82) is 0 Å². The molecule has 1 fully saturated rings. The Hall–Kier alpha value is -1.03. The van der Waals surface area contributed by atoms with Crippen LogP contribution in [0.25, 0.3) is 0 Å². The van der Waals surface area contributed by atoms with Crippen molar-refractivity contribution < 1.29 is 14.6 Å². The molecule has 1 saturated carbocycles. The van der Waals surface area contributed by atoms with E-state index in [2.05, 4.69) is 22.9 Å². The Labute approximate surface area is 122 Å². The van der Waals surface area contributed by atoms with Gasteiger partial charge >= 0.3 is 5.97 Å². The molecule has 3 nitrogen and oxygen atoms in total. The summed E-state index contributed by atoms with van der Waals surface area (Å²) in [4.78, 5) is 11.2. The molecule has 0 aliphatic heterocycles. The predicted octanol–water partition coefficient (Wildman–Crippen LogP) is 4.49. The second-order valence-electron chi connectivity index (χ2n) is 5.10. The maximum atomic E-state index is 11.2. The topological polar surface area (TPSA) is 46.5 Å². The molecule has 2 atom stereocenters. The Balaban J connectivity index is 2.16. The molecule has 1 aliphatic carbocycles. The van der Waals surface area contributed by atoms with E-state index in [4.69, 9.17) is 4.74 Å². The van der Waals surface area contributed by atoms with Gasteiger partial charge in [-0.25, -0.2) is 4.79 Å². The van der Waals surface area contributed by atoms with Gasteiger partial charge in [0.1, 0.15) is 11.3 Å². The van der Waals surface area contributed by atoms with E-state index in [0.29, 0.717) is 16.1 Å². The van der Waals surface area contributed by atoms with Gasteiger partial charge in [0.15, 0.2) is 0 Å². The van der Waals surface area contributed by atoms with Crippen LogP contribution in [-0.4, -0.2) is 17.2 Å². The Morgan fingerprint density at radius 2 is 2.26 bits per heavy atom. The van der Waals surface area contributed by atoms with E-state index in [1.54, 1.807) is 12.1 Å². The summed E-state index contributed by atoms with van der Waals surface area (Å²) in [5, 5.41) is 9.22. The van der Waals surface area contributed by atoms with Gasteiger partial charge in [-0.05, 0) is 53.2 Å². The molecule has 1 aromatic carbocycles. The zero-order valence-corrected chi connectivity index (χ0v) is 12.6. The first kappa shape index (κ1) is 14.4. The summed E-state index contributed by atoms with van der Waals surface area (Å²) in [6.07, 6.45) is 5.76. The van der Waals surface area contributed by atoms with E-state index in [-0.39, 0.29) is 11.7 Å². The normalized spacial score (nSPS) is 23.1. The Bertz CT molecular complexity index is 459. The Morgan fingerprint density at radius 3 is 2.95 bits per heavy atom. The van der Waals surface area contributed by atoms with Crippen molar-refractivity contribution in [3.8, 4) is 5.75 Å². The molecule has 0 radical (unpaired) electrons. The fourth-order valence-electron chi connectivity index (χ4n) is 2.68. The highest BCUT2D eigenvalue weighted by Gasteiger charge is 2.24. The van der Waals surface area contributed by atoms with Crippen LogP contribution in [-0.2, 0) is 0 Å². The molecule has 0 heterocycles. The number of hydrogen-bond donors (Lipinski definition) is 1. The average molecular weight is 327 g/mol. The molecule has 0 spiro atoms. The number of halogens is 1. The van der Waals surface area contributed by atoms with E-state index >= 15 is 0 Å². The zero-order chi connectivity index (χ0) is 13.8. The number of ether oxygens (including phenoxy) is 1. The summed E-state index contributed by atoms with van der Waals surface area (Å²) in [6.45, 7) is 2.20. The molecule has 104 valence electrons. The third-order valence-electron chi connectivity index (χ3n) is 3.79. The number of para-hydroxylation sites is 1. The lowest BCUT2D eigenvalue weighted by molar-refractivity contribution is 0.0681. The maximum Gasteiger partial charge on any atom is 0.339 e. The van der Waals surface area contributed by atoms with Crippen molar-refractivity contribution in [3.63, 3.8) is 0 Å². The van der Waals surface area contributed by atoms with Crippen molar-refractivity contribution in [3.05, 3.63) is 28.2 Å². The van der Waals surface area contributed by atoms with Crippen molar-refractivity contribution >= 4 is 21.9 Å². The summed E-state index contributed by atoms with van der Waals surface area (Å²) in [5.41, 5.74) is 0.230. The van der Waals surface area contributed by atoms with E-state index in [9.17, 15) is 9.90 Å². The van der Waals surface area contributed by atoms with E-state index < -0.39 is 5.97 Å². The lowest BCUT2D eigenvalue weighted by Gasteiger charge is -2.29. The summed E-state index contributed by atoms with van der Waals surface area (Å²) in [7, 11) is 0. The van der Waals surface area contributed by atoms with Crippen LogP contribution in [0.5, 0.6) is 5.75 Å². The van der Waals surface area contributed by atoms with Crippen molar-refractivity contribution in [1.82, 2.24) is 0 Å². The molecular weight excluding hydrogens is 308 g/mol. The Morgan fingerprint density at radius 1 is 1.47 bits per heavy atom. The van der Waals surface area contributed by atoms with Crippen LogP contribution in [0, 0.1) is 5.92 Å². The summed E-state index contributed by atoms with van der Waals surface area (Å²) in [6, 6.07) is 5.13. The molecule has 2 rings (SSSR count). The highest BCUT2D eigenvalue weighted by atomic mass is 79.9. The van der Waals surface area contributed by atoms with Crippen LogP contribution >= 0.6 is 15.9 Å². The lowest BCUT2D eigenvalue weighted by atomic mass is 9.85. The van der Waals surface area contributed by atoms with E-state index in [1.165, 1.54) is 12.8 Å².